The molecule has 0 aliphatic carbocycles. The van der Waals surface area contributed by atoms with E-state index in [2.05, 4.69) is 38.1 Å². The third-order valence-electron chi connectivity index (χ3n) is 3.04. The molecule has 0 radical (unpaired) electrons. The van der Waals surface area contributed by atoms with Crippen LogP contribution in [0.15, 0.2) is 42.5 Å². The smallest absolute Gasteiger partial charge is 0.123 e. The van der Waals surface area contributed by atoms with E-state index in [0.717, 1.165) is 16.7 Å². The lowest BCUT2D eigenvalue weighted by Gasteiger charge is -2.09. The maximum Gasteiger partial charge on any atom is 0.123 e. The van der Waals surface area contributed by atoms with Gasteiger partial charge in [-0.05, 0) is 36.1 Å². The molecule has 1 nitrogen and oxygen atoms in total. The quantitative estimate of drug-likeness (QED) is 0.799. The van der Waals surface area contributed by atoms with Gasteiger partial charge in [-0.25, -0.2) is 0 Å². The van der Waals surface area contributed by atoms with Gasteiger partial charge in [0.2, 0.25) is 0 Å². The van der Waals surface area contributed by atoms with E-state index >= 15 is 0 Å². The molecule has 0 aliphatic heterocycles. The summed E-state index contributed by atoms with van der Waals surface area (Å²) in [6, 6.07) is 14.1. The SMILES string of the molecule is Cc1ccc(O)c(-c2ccc(C(C)C)cc2)c1. The van der Waals surface area contributed by atoms with Gasteiger partial charge in [-0.1, -0.05) is 49.7 Å². The average molecular weight is 226 g/mol. The van der Waals surface area contributed by atoms with Crippen LogP contribution in [0.4, 0.5) is 0 Å². The monoisotopic (exact) mass is 226 g/mol. The van der Waals surface area contributed by atoms with Crippen LogP contribution in [0.25, 0.3) is 11.1 Å². The van der Waals surface area contributed by atoms with E-state index in [-0.39, 0.29) is 0 Å². The lowest BCUT2D eigenvalue weighted by atomic mass is 9.97. The first-order valence-corrected chi connectivity index (χ1v) is 5.98. The van der Waals surface area contributed by atoms with E-state index in [1.165, 1.54) is 5.56 Å². The first kappa shape index (κ1) is 11.7. The van der Waals surface area contributed by atoms with Crippen molar-refractivity contribution in [2.24, 2.45) is 0 Å². The molecular formula is C16H18O. The highest BCUT2D eigenvalue weighted by Gasteiger charge is 2.05. The van der Waals surface area contributed by atoms with Crippen molar-refractivity contribution in [3.8, 4) is 16.9 Å². The Kier molecular flexibility index (Phi) is 3.19. The van der Waals surface area contributed by atoms with Crippen molar-refractivity contribution in [3.63, 3.8) is 0 Å². The molecule has 2 aromatic rings. The summed E-state index contributed by atoms with van der Waals surface area (Å²) in [6.45, 7) is 6.39. The Hall–Kier alpha value is -1.76. The minimum atomic E-state index is 0.341. The van der Waals surface area contributed by atoms with Crippen LogP contribution in [0.5, 0.6) is 5.75 Å². The predicted molar refractivity (Wildman–Crippen MR) is 72.4 cm³/mol. The molecule has 0 saturated carbocycles. The molecule has 0 unspecified atom stereocenters. The van der Waals surface area contributed by atoms with Crippen LogP contribution in [0, 0.1) is 6.92 Å². The van der Waals surface area contributed by atoms with Crippen molar-refractivity contribution >= 4 is 0 Å². The third-order valence-corrected chi connectivity index (χ3v) is 3.04. The second-order valence-corrected chi connectivity index (χ2v) is 4.80. The van der Waals surface area contributed by atoms with Gasteiger partial charge < -0.3 is 5.11 Å². The minimum Gasteiger partial charge on any atom is -0.507 e. The summed E-state index contributed by atoms with van der Waals surface area (Å²) in [5.74, 6) is 0.878. The molecule has 2 rings (SSSR count). The lowest BCUT2D eigenvalue weighted by molar-refractivity contribution is 0.477. The van der Waals surface area contributed by atoms with Gasteiger partial charge in [0, 0.05) is 5.56 Å². The molecule has 0 spiro atoms. The molecule has 0 saturated heterocycles. The summed E-state index contributed by atoms with van der Waals surface area (Å²) >= 11 is 0. The minimum absolute atomic E-state index is 0.341. The number of hydrogen-bond donors (Lipinski definition) is 1. The molecule has 1 heteroatoms. The van der Waals surface area contributed by atoms with Gasteiger partial charge in [0.1, 0.15) is 5.75 Å². The Bertz CT molecular complexity index is 510. The van der Waals surface area contributed by atoms with Gasteiger partial charge in [-0.2, -0.15) is 0 Å². The van der Waals surface area contributed by atoms with Crippen LogP contribution in [0.3, 0.4) is 0 Å². The predicted octanol–water partition coefficient (Wildman–Crippen LogP) is 4.49. The van der Waals surface area contributed by atoms with Gasteiger partial charge >= 0.3 is 0 Å². The van der Waals surface area contributed by atoms with Crippen molar-refractivity contribution in [3.05, 3.63) is 53.6 Å². The highest BCUT2D eigenvalue weighted by molar-refractivity contribution is 5.70. The van der Waals surface area contributed by atoms with E-state index in [1.807, 2.05) is 19.1 Å². The fourth-order valence-electron chi connectivity index (χ4n) is 1.93. The molecule has 0 bridgehead atoms. The van der Waals surface area contributed by atoms with E-state index in [9.17, 15) is 5.11 Å². The maximum absolute atomic E-state index is 9.87. The molecule has 17 heavy (non-hydrogen) atoms. The maximum atomic E-state index is 9.87. The summed E-state index contributed by atoms with van der Waals surface area (Å²) < 4.78 is 0. The zero-order valence-electron chi connectivity index (χ0n) is 10.6. The van der Waals surface area contributed by atoms with Crippen LogP contribution < -0.4 is 0 Å². The lowest BCUT2D eigenvalue weighted by Crippen LogP contribution is -1.87. The molecule has 1 N–H and O–H groups in total. The van der Waals surface area contributed by atoms with Crippen LogP contribution in [0.2, 0.25) is 0 Å². The van der Waals surface area contributed by atoms with Crippen molar-refractivity contribution in [1.82, 2.24) is 0 Å². The largest absolute Gasteiger partial charge is 0.507 e. The second kappa shape index (κ2) is 4.62. The fourth-order valence-corrected chi connectivity index (χ4v) is 1.93. The number of benzene rings is 2. The van der Waals surface area contributed by atoms with E-state index < -0.39 is 0 Å². The normalized spacial score (nSPS) is 10.8. The van der Waals surface area contributed by atoms with Gasteiger partial charge in [-0.15, -0.1) is 0 Å². The van der Waals surface area contributed by atoms with Crippen LogP contribution in [-0.4, -0.2) is 5.11 Å². The number of hydrogen-bond acceptors (Lipinski definition) is 1. The molecule has 2 aromatic carbocycles. The summed E-state index contributed by atoms with van der Waals surface area (Å²) in [7, 11) is 0. The van der Waals surface area contributed by atoms with Gasteiger partial charge in [0.15, 0.2) is 0 Å². The zero-order chi connectivity index (χ0) is 12.4. The summed E-state index contributed by atoms with van der Waals surface area (Å²) in [4.78, 5) is 0. The number of phenolic OH excluding ortho intramolecular Hbond substituents is 1. The molecular weight excluding hydrogens is 208 g/mol. The number of rotatable bonds is 2. The average Bonchev–Trinajstić information content (AvgIpc) is 2.32. The Morgan fingerprint density at radius 3 is 2.18 bits per heavy atom. The second-order valence-electron chi connectivity index (χ2n) is 4.80. The Morgan fingerprint density at radius 2 is 1.59 bits per heavy atom. The first-order chi connectivity index (χ1) is 8.08. The molecule has 0 heterocycles. The topological polar surface area (TPSA) is 20.2 Å². The standard InChI is InChI=1S/C16H18O/c1-11(2)13-5-7-14(8-6-13)15-10-12(3)4-9-16(15)17/h4-11,17H,1-3H3. The molecule has 0 aromatic heterocycles. The van der Waals surface area contributed by atoms with Crippen molar-refractivity contribution in [2.45, 2.75) is 26.7 Å². The van der Waals surface area contributed by atoms with Crippen LogP contribution in [0.1, 0.15) is 30.9 Å². The first-order valence-electron chi connectivity index (χ1n) is 5.98. The molecule has 0 atom stereocenters. The Morgan fingerprint density at radius 1 is 0.941 bits per heavy atom. The van der Waals surface area contributed by atoms with Gasteiger partial charge in [-0.3, -0.25) is 0 Å². The third kappa shape index (κ3) is 2.50. The highest BCUT2D eigenvalue weighted by Crippen LogP contribution is 2.30. The van der Waals surface area contributed by atoms with Gasteiger partial charge in [0.05, 0.1) is 0 Å². The van der Waals surface area contributed by atoms with E-state index in [4.69, 9.17) is 0 Å². The summed E-state index contributed by atoms with van der Waals surface area (Å²) in [6.07, 6.45) is 0. The molecule has 0 fully saturated rings. The van der Waals surface area contributed by atoms with E-state index in [1.54, 1.807) is 6.07 Å². The molecule has 0 amide bonds. The molecule has 88 valence electrons. The number of aromatic hydroxyl groups is 1. The van der Waals surface area contributed by atoms with Crippen LogP contribution in [-0.2, 0) is 0 Å². The van der Waals surface area contributed by atoms with Crippen LogP contribution >= 0.6 is 0 Å². The van der Waals surface area contributed by atoms with E-state index in [0.29, 0.717) is 11.7 Å². The highest BCUT2D eigenvalue weighted by atomic mass is 16.3. The summed E-state index contributed by atoms with van der Waals surface area (Å²) in [5, 5.41) is 9.87. The number of aryl methyl sites for hydroxylation is 1. The Balaban J connectivity index is 2.43. The van der Waals surface area contributed by atoms with Crippen molar-refractivity contribution in [2.75, 3.05) is 0 Å². The van der Waals surface area contributed by atoms with Crippen molar-refractivity contribution in [1.29, 1.82) is 0 Å². The fraction of sp³-hybridized carbons (Fsp3) is 0.250. The Labute approximate surface area is 103 Å². The zero-order valence-corrected chi connectivity index (χ0v) is 10.6. The van der Waals surface area contributed by atoms with Crippen molar-refractivity contribution < 1.29 is 5.11 Å². The molecule has 0 aliphatic rings. The summed E-state index contributed by atoms with van der Waals surface area (Å²) in [5.41, 5.74) is 4.45. The number of phenols is 1. The van der Waals surface area contributed by atoms with Gasteiger partial charge in [0.25, 0.3) is 0 Å².